The summed E-state index contributed by atoms with van der Waals surface area (Å²) in [7, 11) is 0. The van der Waals surface area contributed by atoms with E-state index in [1.165, 1.54) is 6.08 Å². The molecule has 0 fully saturated rings. The van der Waals surface area contributed by atoms with Gasteiger partial charge in [0, 0.05) is 0 Å². The minimum atomic E-state index is -1.05. The number of halogens is 1. The SMILES string of the molecule is CC(C)CC=C(Cl)C(=O)O. The Bertz CT molecular complexity index is 150. The van der Waals surface area contributed by atoms with Crippen LogP contribution in [0.1, 0.15) is 20.3 Å². The minimum absolute atomic E-state index is 0.0892. The van der Waals surface area contributed by atoms with Crippen LogP contribution in [0.4, 0.5) is 0 Å². The van der Waals surface area contributed by atoms with Crippen LogP contribution >= 0.6 is 11.6 Å². The molecule has 0 amide bonds. The van der Waals surface area contributed by atoms with Gasteiger partial charge < -0.3 is 5.11 Å². The van der Waals surface area contributed by atoms with Crippen molar-refractivity contribution >= 4 is 17.6 Å². The molecule has 0 aromatic rings. The Morgan fingerprint density at radius 2 is 2.20 bits per heavy atom. The number of carboxylic acids is 1. The lowest BCUT2D eigenvalue weighted by molar-refractivity contribution is -0.131. The van der Waals surface area contributed by atoms with E-state index in [4.69, 9.17) is 16.7 Å². The van der Waals surface area contributed by atoms with Gasteiger partial charge in [0.15, 0.2) is 0 Å². The second-order valence-electron chi connectivity index (χ2n) is 2.49. The molecule has 0 spiro atoms. The second-order valence-corrected chi connectivity index (χ2v) is 2.89. The van der Waals surface area contributed by atoms with E-state index < -0.39 is 5.97 Å². The molecule has 0 aliphatic carbocycles. The number of aliphatic carboxylic acids is 1. The maximum absolute atomic E-state index is 10.1. The molecular weight excluding hydrogens is 152 g/mol. The summed E-state index contributed by atoms with van der Waals surface area (Å²) in [4.78, 5) is 10.1. The molecule has 1 N–H and O–H groups in total. The lowest BCUT2D eigenvalue weighted by atomic mass is 10.1. The Labute approximate surface area is 65.5 Å². The predicted octanol–water partition coefficient (Wildman–Crippen LogP) is 2.24. The van der Waals surface area contributed by atoms with Gasteiger partial charge in [-0.05, 0) is 12.3 Å². The van der Waals surface area contributed by atoms with Crippen molar-refractivity contribution in [2.75, 3.05) is 0 Å². The maximum atomic E-state index is 10.1. The average Bonchev–Trinajstić information content (AvgIpc) is 1.82. The minimum Gasteiger partial charge on any atom is -0.477 e. The van der Waals surface area contributed by atoms with Crippen LogP contribution in [0.25, 0.3) is 0 Å². The van der Waals surface area contributed by atoms with Crippen LogP contribution in [-0.2, 0) is 4.79 Å². The van der Waals surface area contributed by atoms with E-state index in [0.29, 0.717) is 12.3 Å². The van der Waals surface area contributed by atoms with Crippen molar-refractivity contribution < 1.29 is 9.90 Å². The largest absolute Gasteiger partial charge is 0.477 e. The van der Waals surface area contributed by atoms with Gasteiger partial charge in [0.25, 0.3) is 0 Å². The van der Waals surface area contributed by atoms with Gasteiger partial charge in [0.05, 0.1) is 0 Å². The number of hydrogen-bond donors (Lipinski definition) is 1. The molecule has 3 heteroatoms. The van der Waals surface area contributed by atoms with Gasteiger partial charge in [-0.15, -0.1) is 0 Å². The van der Waals surface area contributed by atoms with E-state index in [2.05, 4.69) is 0 Å². The Morgan fingerprint density at radius 3 is 2.50 bits per heavy atom. The molecule has 58 valence electrons. The van der Waals surface area contributed by atoms with Crippen molar-refractivity contribution in [2.45, 2.75) is 20.3 Å². The molecule has 0 heterocycles. The summed E-state index contributed by atoms with van der Waals surface area (Å²) in [6.07, 6.45) is 2.24. The predicted molar refractivity (Wildman–Crippen MR) is 41.0 cm³/mol. The van der Waals surface area contributed by atoms with E-state index in [9.17, 15) is 4.79 Å². The first-order valence-electron chi connectivity index (χ1n) is 3.13. The van der Waals surface area contributed by atoms with Gasteiger partial charge in [-0.25, -0.2) is 4.79 Å². The van der Waals surface area contributed by atoms with Gasteiger partial charge in [-0.3, -0.25) is 0 Å². The quantitative estimate of drug-likeness (QED) is 0.647. The highest BCUT2D eigenvalue weighted by atomic mass is 35.5. The van der Waals surface area contributed by atoms with E-state index in [0.717, 1.165) is 0 Å². The third-order valence-corrected chi connectivity index (χ3v) is 1.29. The number of carboxylic acid groups (broad SMARTS) is 1. The molecule has 0 saturated heterocycles. The molecule has 0 aromatic carbocycles. The fraction of sp³-hybridized carbons (Fsp3) is 0.571. The smallest absolute Gasteiger partial charge is 0.346 e. The van der Waals surface area contributed by atoms with E-state index in [1.807, 2.05) is 13.8 Å². The zero-order valence-electron chi connectivity index (χ0n) is 6.10. The van der Waals surface area contributed by atoms with Crippen LogP contribution < -0.4 is 0 Å². The van der Waals surface area contributed by atoms with Gasteiger partial charge in [0.2, 0.25) is 0 Å². The summed E-state index contributed by atoms with van der Waals surface area (Å²) in [5, 5.41) is 8.21. The third kappa shape index (κ3) is 4.39. The molecule has 0 aliphatic heterocycles. The molecule has 0 bridgehead atoms. The topological polar surface area (TPSA) is 37.3 Å². The Morgan fingerprint density at radius 1 is 1.70 bits per heavy atom. The lowest BCUT2D eigenvalue weighted by Crippen LogP contribution is -1.94. The van der Waals surface area contributed by atoms with Crippen LogP contribution in [-0.4, -0.2) is 11.1 Å². The van der Waals surface area contributed by atoms with Crippen LogP contribution in [0.5, 0.6) is 0 Å². The summed E-state index contributed by atoms with van der Waals surface area (Å²) < 4.78 is 0. The van der Waals surface area contributed by atoms with Crippen molar-refractivity contribution in [2.24, 2.45) is 5.92 Å². The molecule has 0 radical (unpaired) electrons. The molecule has 0 aromatic heterocycles. The maximum Gasteiger partial charge on any atom is 0.346 e. The molecule has 10 heavy (non-hydrogen) atoms. The van der Waals surface area contributed by atoms with Crippen molar-refractivity contribution in [1.29, 1.82) is 0 Å². The Balaban J connectivity index is 3.81. The normalized spacial score (nSPS) is 12.2. The third-order valence-electron chi connectivity index (χ3n) is 0.973. The van der Waals surface area contributed by atoms with Crippen LogP contribution in [0.15, 0.2) is 11.1 Å². The number of carbonyl (C=O) groups is 1. The summed E-state index contributed by atoms with van der Waals surface area (Å²) in [6.45, 7) is 4.00. The van der Waals surface area contributed by atoms with Crippen molar-refractivity contribution in [3.63, 3.8) is 0 Å². The molecule has 0 unspecified atom stereocenters. The Hall–Kier alpha value is -0.500. The second kappa shape index (κ2) is 4.34. The molecular formula is C7H11ClO2. The molecule has 0 atom stereocenters. The van der Waals surface area contributed by atoms with Gasteiger partial charge in [-0.1, -0.05) is 31.5 Å². The highest BCUT2D eigenvalue weighted by Gasteiger charge is 2.01. The van der Waals surface area contributed by atoms with Gasteiger partial charge >= 0.3 is 5.97 Å². The zero-order chi connectivity index (χ0) is 8.15. The standard InChI is InChI=1S/C7H11ClO2/c1-5(2)3-4-6(8)7(9)10/h4-5H,3H2,1-2H3,(H,9,10). The number of rotatable bonds is 3. The first-order chi connectivity index (χ1) is 4.54. The molecule has 0 saturated carbocycles. The van der Waals surface area contributed by atoms with Crippen LogP contribution in [0, 0.1) is 5.92 Å². The van der Waals surface area contributed by atoms with Crippen molar-refractivity contribution in [3.05, 3.63) is 11.1 Å². The summed E-state index contributed by atoms with van der Waals surface area (Å²) in [6, 6.07) is 0. The van der Waals surface area contributed by atoms with Gasteiger partial charge in [0.1, 0.15) is 5.03 Å². The monoisotopic (exact) mass is 162 g/mol. The molecule has 0 aliphatic rings. The zero-order valence-corrected chi connectivity index (χ0v) is 6.85. The first kappa shape index (κ1) is 9.50. The summed E-state index contributed by atoms with van der Waals surface area (Å²) in [5.74, 6) is -0.601. The fourth-order valence-corrected chi connectivity index (χ4v) is 0.516. The number of hydrogen-bond acceptors (Lipinski definition) is 1. The highest BCUT2D eigenvalue weighted by molar-refractivity contribution is 6.40. The number of allylic oxidation sites excluding steroid dienone is 1. The highest BCUT2D eigenvalue weighted by Crippen LogP contribution is 2.07. The summed E-state index contributed by atoms with van der Waals surface area (Å²) in [5.41, 5.74) is 0. The van der Waals surface area contributed by atoms with Gasteiger partial charge in [-0.2, -0.15) is 0 Å². The van der Waals surface area contributed by atoms with E-state index in [1.54, 1.807) is 0 Å². The average molecular weight is 163 g/mol. The van der Waals surface area contributed by atoms with E-state index >= 15 is 0 Å². The van der Waals surface area contributed by atoms with Crippen LogP contribution in [0.2, 0.25) is 0 Å². The van der Waals surface area contributed by atoms with Crippen molar-refractivity contribution in [3.8, 4) is 0 Å². The summed E-state index contributed by atoms with van der Waals surface area (Å²) >= 11 is 5.32. The Kier molecular flexibility index (Phi) is 4.12. The molecule has 0 rings (SSSR count). The first-order valence-corrected chi connectivity index (χ1v) is 3.50. The van der Waals surface area contributed by atoms with Crippen molar-refractivity contribution in [1.82, 2.24) is 0 Å². The van der Waals surface area contributed by atoms with Crippen LogP contribution in [0.3, 0.4) is 0 Å². The lowest BCUT2D eigenvalue weighted by Gasteiger charge is -1.96. The fourth-order valence-electron chi connectivity index (χ4n) is 0.426. The van der Waals surface area contributed by atoms with E-state index in [-0.39, 0.29) is 5.03 Å². The molecule has 2 nitrogen and oxygen atoms in total.